The van der Waals surface area contributed by atoms with Gasteiger partial charge in [-0.3, -0.25) is 46.4 Å². The van der Waals surface area contributed by atoms with Gasteiger partial charge in [-0.15, -0.1) is 0 Å². The standard InChI is InChI=1S/C11H20NO17P3/c12-11(20)10(29-32(25,26)4-8(18)19)9(28-31(23,24)3-7(16)17)5(1-13)27-30(21,22)2-6(14)15/h5,9-10,13H,1-4H2,(H2,12,20)(H,14,15)(H,16,17)(H,18,19)(H,21,22)(H,23,24)(H,25,26)/t5-,9+,10+/m1/s1. The fraction of sp³-hybridized carbons (Fsp3) is 0.636. The smallest absolute Gasteiger partial charge is 0.340 e. The number of carboxylic acids is 3. The summed E-state index contributed by atoms with van der Waals surface area (Å²) in [6.45, 7) is -1.50. The molecule has 6 atom stereocenters. The fourth-order valence-electron chi connectivity index (χ4n) is 1.99. The van der Waals surface area contributed by atoms with Gasteiger partial charge in [0.2, 0.25) is 5.91 Å². The van der Waals surface area contributed by atoms with E-state index in [4.69, 9.17) is 21.1 Å². The summed E-state index contributed by atoms with van der Waals surface area (Å²) in [5.74, 6) is -7.53. The molecule has 9 N–H and O–H groups in total. The first-order valence-corrected chi connectivity index (χ1v) is 13.2. The van der Waals surface area contributed by atoms with Gasteiger partial charge in [0.05, 0.1) is 6.61 Å². The molecule has 0 heterocycles. The highest BCUT2D eigenvalue weighted by Gasteiger charge is 2.46. The van der Waals surface area contributed by atoms with Crippen molar-refractivity contribution in [1.82, 2.24) is 0 Å². The Hall–Kier alpha value is -1.71. The van der Waals surface area contributed by atoms with Crippen LogP contribution in [0.4, 0.5) is 0 Å². The largest absolute Gasteiger partial charge is 0.481 e. The molecule has 0 spiro atoms. The number of aliphatic carboxylic acids is 3. The number of aliphatic hydroxyl groups excluding tert-OH is 1. The van der Waals surface area contributed by atoms with Crippen molar-refractivity contribution in [3.05, 3.63) is 0 Å². The molecule has 0 bridgehead atoms. The first-order chi connectivity index (χ1) is 14.3. The van der Waals surface area contributed by atoms with Crippen molar-refractivity contribution in [1.29, 1.82) is 0 Å². The summed E-state index contributed by atoms with van der Waals surface area (Å²) in [5.41, 5.74) is 4.96. The zero-order valence-corrected chi connectivity index (χ0v) is 18.4. The third-order valence-corrected chi connectivity index (χ3v) is 6.74. The molecule has 0 saturated heterocycles. The summed E-state index contributed by atoms with van der Waals surface area (Å²) in [6.07, 6.45) is -12.7. The number of carbonyl (C=O) groups excluding carboxylic acids is 1. The number of hydrogen-bond acceptors (Lipinski definition) is 11. The highest BCUT2D eigenvalue weighted by Crippen LogP contribution is 2.50. The molecule has 0 aromatic heterocycles. The number of carbonyl (C=O) groups is 4. The molecule has 18 nitrogen and oxygen atoms in total. The van der Waals surface area contributed by atoms with Crippen LogP contribution >= 0.6 is 22.8 Å². The van der Waals surface area contributed by atoms with Crippen molar-refractivity contribution in [3.63, 3.8) is 0 Å². The lowest BCUT2D eigenvalue weighted by Crippen LogP contribution is -2.50. The maximum atomic E-state index is 12.0. The second kappa shape index (κ2) is 12.0. The van der Waals surface area contributed by atoms with Crippen molar-refractivity contribution >= 4 is 46.6 Å². The Kier molecular flexibility index (Phi) is 11.3. The molecule has 0 aromatic carbocycles. The van der Waals surface area contributed by atoms with Crippen molar-refractivity contribution in [2.45, 2.75) is 18.3 Å². The van der Waals surface area contributed by atoms with Crippen LogP contribution in [0.3, 0.4) is 0 Å². The minimum Gasteiger partial charge on any atom is -0.481 e. The van der Waals surface area contributed by atoms with Crippen LogP contribution in [0, 0.1) is 0 Å². The Balaban J connectivity index is 6.32. The van der Waals surface area contributed by atoms with Gasteiger partial charge in [-0.1, -0.05) is 0 Å². The van der Waals surface area contributed by atoms with Crippen LogP contribution in [0.1, 0.15) is 0 Å². The molecule has 0 aromatic rings. The topological polar surface area (TPSA) is 315 Å². The van der Waals surface area contributed by atoms with Gasteiger partial charge >= 0.3 is 40.7 Å². The van der Waals surface area contributed by atoms with E-state index in [2.05, 4.69) is 13.6 Å². The molecule has 3 unspecified atom stereocenters. The van der Waals surface area contributed by atoms with E-state index in [1.54, 1.807) is 0 Å². The SMILES string of the molecule is NC(=O)[C@@H](OP(=O)(O)CC(=O)O)[C@@H](OP(=O)(O)CC(=O)O)[C@@H](CO)OP(=O)(O)CC(=O)O. The molecule has 186 valence electrons. The minimum atomic E-state index is -5.31. The Morgan fingerprint density at radius 2 is 1.06 bits per heavy atom. The summed E-state index contributed by atoms with van der Waals surface area (Å²) in [4.78, 5) is 72.6. The summed E-state index contributed by atoms with van der Waals surface area (Å²) in [7, 11) is -15.7. The number of aliphatic hydroxyl groups is 1. The zero-order valence-electron chi connectivity index (χ0n) is 15.7. The molecule has 0 rings (SSSR count). The Morgan fingerprint density at radius 3 is 1.38 bits per heavy atom. The van der Waals surface area contributed by atoms with E-state index in [1.807, 2.05) is 0 Å². The molecule has 0 aliphatic rings. The van der Waals surface area contributed by atoms with Crippen molar-refractivity contribution in [2.75, 3.05) is 25.1 Å². The number of primary amides is 1. The maximum absolute atomic E-state index is 12.0. The maximum Gasteiger partial charge on any atom is 0.340 e. The lowest BCUT2D eigenvalue weighted by atomic mass is 10.1. The second-order valence-electron chi connectivity index (χ2n) is 5.89. The van der Waals surface area contributed by atoms with Crippen LogP contribution in [0.15, 0.2) is 0 Å². The monoisotopic (exact) mass is 531 g/mol. The second-order valence-corrected chi connectivity index (χ2v) is 11.3. The first kappa shape index (κ1) is 30.3. The van der Waals surface area contributed by atoms with Crippen molar-refractivity contribution < 1.29 is 81.6 Å². The summed E-state index contributed by atoms with van der Waals surface area (Å²) < 4.78 is 49.1. The molecule has 0 aliphatic heterocycles. The van der Waals surface area contributed by atoms with Crippen LogP contribution in [-0.2, 0) is 46.4 Å². The highest BCUT2D eigenvalue weighted by molar-refractivity contribution is 7.54. The van der Waals surface area contributed by atoms with Crippen LogP contribution in [-0.4, -0.2) is 102 Å². The zero-order chi connectivity index (χ0) is 25.5. The van der Waals surface area contributed by atoms with Crippen molar-refractivity contribution in [3.8, 4) is 0 Å². The van der Waals surface area contributed by atoms with Crippen LogP contribution in [0.5, 0.6) is 0 Å². The van der Waals surface area contributed by atoms with Gasteiger partial charge in [0.25, 0.3) is 0 Å². The number of carboxylic acid groups (broad SMARTS) is 3. The third-order valence-electron chi connectivity index (χ3n) is 3.00. The van der Waals surface area contributed by atoms with Gasteiger partial charge in [0, 0.05) is 0 Å². The van der Waals surface area contributed by atoms with E-state index >= 15 is 0 Å². The van der Waals surface area contributed by atoms with Gasteiger partial charge < -0.3 is 40.8 Å². The number of nitrogens with two attached hydrogens (primary N) is 1. The third kappa shape index (κ3) is 11.8. The number of amides is 1. The lowest BCUT2D eigenvalue weighted by molar-refractivity contribution is -0.138. The van der Waals surface area contributed by atoms with E-state index in [-0.39, 0.29) is 0 Å². The molecule has 0 radical (unpaired) electrons. The van der Waals surface area contributed by atoms with Crippen LogP contribution in [0.25, 0.3) is 0 Å². The lowest BCUT2D eigenvalue weighted by Gasteiger charge is -2.33. The van der Waals surface area contributed by atoms with Gasteiger partial charge in [-0.25, -0.2) is 0 Å². The average Bonchev–Trinajstić information content (AvgIpc) is 2.52. The van der Waals surface area contributed by atoms with E-state index in [0.717, 1.165) is 0 Å². The molecule has 32 heavy (non-hydrogen) atoms. The summed E-state index contributed by atoms with van der Waals surface area (Å²) in [5, 5.41) is 35.3. The Labute approximate surface area is 178 Å². The molecule has 0 aliphatic carbocycles. The quantitative estimate of drug-likeness (QED) is 0.0948. The van der Waals surface area contributed by atoms with Gasteiger partial charge in [-0.2, -0.15) is 0 Å². The highest BCUT2D eigenvalue weighted by atomic mass is 31.2. The number of hydrogen-bond donors (Lipinski definition) is 8. The summed E-state index contributed by atoms with van der Waals surface area (Å²) in [6, 6.07) is 0. The van der Waals surface area contributed by atoms with Gasteiger partial charge in [-0.05, 0) is 0 Å². The van der Waals surface area contributed by atoms with Gasteiger partial charge in [0.15, 0.2) is 6.10 Å². The predicted octanol–water partition coefficient (Wildman–Crippen LogP) is -2.57. The Morgan fingerprint density at radius 1 is 0.719 bits per heavy atom. The normalized spacial score (nSPS) is 20.0. The van der Waals surface area contributed by atoms with Crippen LogP contribution < -0.4 is 5.73 Å². The fourth-order valence-corrected chi connectivity index (χ4v) is 5.06. The molecule has 0 fully saturated rings. The first-order valence-electron chi connectivity index (χ1n) is 7.87. The number of rotatable bonds is 16. The summed E-state index contributed by atoms with van der Waals surface area (Å²) >= 11 is 0. The molecule has 0 saturated carbocycles. The Bertz CT molecular complexity index is 872. The average molecular weight is 531 g/mol. The van der Waals surface area contributed by atoms with Crippen LogP contribution in [0.2, 0.25) is 0 Å². The molecular formula is C11H20NO17P3. The predicted molar refractivity (Wildman–Crippen MR) is 97.9 cm³/mol. The van der Waals surface area contributed by atoms with E-state index in [1.165, 1.54) is 0 Å². The van der Waals surface area contributed by atoms with E-state index in [9.17, 15) is 52.7 Å². The van der Waals surface area contributed by atoms with Gasteiger partial charge in [0.1, 0.15) is 30.7 Å². The van der Waals surface area contributed by atoms with E-state index < -0.39 is 90.0 Å². The minimum absolute atomic E-state index is 1.50. The molecule has 21 heteroatoms. The van der Waals surface area contributed by atoms with E-state index in [0.29, 0.717) is 0 Å². The van der Waals surface area contributed by atoms with Crippen molar-refractivity contribution in [2.24, 2.45) is 5.73 Å². The molecular weight excluding hydrogens is 511 g/mol. The molecule has 1 amide bonds.